The molecule has 1 atom stereocenters. The number of aromatic amines is 1. The number of H-pyrrole nitrogens is 1. The van der Waals surface area contributed by atoms with Crippen molar-refractivity contribution in [1.82, 2.24) is 10.3 Å². The van der Waals surface area contributed by atoms with Crippen LogP contribution >= 0.6 is 0 Å². The monoisotopic (exact) mass is 377 g/mol. The van der Waals surface area contributed by atoms with Crippen molar-refractivity contribution in [2.45, 2.75) is 12.5 Å². The zero-order valence-electron chi connectivity index (χ0n) is 15.3. The van der Waals surface area contributed by atoms with Gasteiger partial charge in [-0.25, -0.2) is 4.79 Å². The maximum absolute atomic E-state index is 12.3. The van der Waals surface area contributed by atoms with E-state index in [4.69, 9.17) is 14.7 Å². The minimum Gasteiger partial charge on any atom is -0.482 e. The van der Waals surface area contributed by atoms with Crippen LogP contribution in [0.25, 0.3) is 10.9 Å². The van der Waals surface area contributed by atoms with Gasteiger partial charge in [-0.05, 0) is 23.8 Å². The van der Waals surface area contributed by atoms with E-state index in [1.807, 2.05) is 36.5 Å². The van der Waals surface area contributed by atoms with Crippen LogP contribution in [-0.2, 0) is 20.7 Å². The van der Waals surface area contributed by atoms with Crippen molar-refractivity contribution in [3.05, 3.63) is 65.9 Å². The van der Waals surface area contributed by atoms with E-state index in [1.165, 1.54) is 7.11 Å². The van der Waals surface area contributed by atoms with Crippen molar-refractivity contribution >= 4 is 22.8 Å². The van der Waals surface area contributed by atoms with Gasteiger partial charge in [0.2, 0.25) is 0 Å². The van der Waals surface area contributed by atoms with Crippen LogP contribution < -0.4 is 10.1 Å². The Kier molecular flexibility index (Phi) is 5.92. The third-order valence-electron chi connectivity index (χ3n) is 4.29. The van der Waals surface area contributed by atoms with Crippen molar-refractivity contribution in [2.75, 3.05) is 13.7 Å². The molecule has 1 aromatic heterocycles. The number of fused-ring (bicyclic) bond motifs is 1. The number of methoxy groups -OCH3 is 1. The summed E-state index contributed by atoms with van der Waals surface area (Å²) >= 11 is 0. The number of para-hydroxylation sites is 2. The first-order valence-electron chi connectivity index (χ1n) is 8.66. The average Bonchev–Trinajstić information content (AvgIpc) is 3.14. The lowest BCUT2D eigenvalue weighted by atomic mass is 10.0. The summed E-state index contributed by atoms with van der Waals surface area (Å²) in [6, 6.07) is 15.5. The standard InChI is InChI=1S/C21H19N3O4/c1-27-21(26)18(10-15-12-23-17-8-4-3-7-16(15)17)24-20(25)13-28-19-9-5-2-6-14(19)11-22/h2-9,12,18,23H,10,13H2,1H3,(H,24,25). The number of nitrogens with one attached hydrogen (secondary N) is 2. The molecule has 142 valence electrons. The van der Waals surface area contributed by atoms with E-state index in [1.54, 1.807) is 24.3 Å². The van der Waals surface area contributed by atoms with E-state index in [2.05, 4.69) is 10.3 Å². The fourth-order valence-corrected chi connectivity index (χ4v) is 2.92. The number of hydrogen-bond acceptors (Lipinski definition) is 5. The molecule has 0 aliphatic heterocycles. The maximum Gasteiger partial charge on any atom is 0.328 e. The normalized spacial score (nSPS) is 11.4. The molecule has 0 aliphatic carbocycles. The van der Waals surface area contributed by atoms with Gasteiger partial charge in [-0.1, -0.05) is 30.3 Å². The quantitative estimate of drug-likeness (QED) is 0.615. The number of carbonyl (C=O) groups is 2. The first kappa shape index (κ1) is 19.0. The fourth-order valence-electron chi connectivity index (χ4n) is 2.92. The first-order chi connectivity index (χ1) is 13.6. The number of esters is 1. The summed E-state index contributed by atoms with van der Waals surface area (Å²) in [5, 5.41) is 12.7. The topological polar surface area (TPSA) is 104 Å². The Bertz CT molecular complexity index is 1040. The molecule has 0 fully saturated rings. The van der Waals surface area contributed by atoms with Crippen LogP contribution in [0.4, 0.5) is 0 Å². The molecule has 7 heteroatoms. The highest BCUT2D eigenvalue weighted by Gasteiger charge is 2.23. The lowest BCUT2D eigenvalue weighted by Gasteiger charge is -2.16. The summed E-state index contributed by atoms with van der Waals surface area (Å²) in [6.07, 6.45) is 2.09. The fraction of sp³-hybridized carbons (Fsp3) is 0.190. The highest BCUT2D eigenvalue weighted by molar-refractivity contribution is 5.87. The Morgan fingerprint density at radius 1 is 1.18 bits per heavy atom. The molecule has 2 N–H and O–H groups in total. The van der Waals surface area contributed by atoms with E-state index in [0.717, 1.165) is 16.5 Å². The van der Waals surface area contributed by atoms with Crippen LogP contribution in [0.2, 0.25) is 0 Å². The van der Waals surface area contributed by atoms with Crippen LogP contribution in [0.15, 0.2) is 54.7 Å². The van der Waals surface area contributed by atoms with Gasteiger partial charge in [0.05, 0.1) is 12.7 Å². The summed E-state index contributed by atoms with van der Waals surface area (Å²) in [5.74, 6) is -0.717. The second-order valence-corrected chi connectivity index (χ2v) is 6.10. The van der Waals surface area contributed by atoms with Gasteiger partial charge < -0.3 is 19.8 Å². The molecule has 0 aliphatic rings. The molecule has 3 rings (SSSR count). The molecule has 0 radical (unpaired) electrons. The second kappa shape index (κ2) is 8.73. The lowest BCUT2D eigenvalue weighted by molar-refractivity contribution is -0.145. The molecule has 1 unspecified atom stereocenters. The molecule has 0 saturated carbocycles. The number of ether oxygens (including phenoxy) is 2. The molecule has 1 heterocycles. The number of nitrogens with zero attached hydrogens (tertiary/aromatic N) is 1. The van der Waals surface area contributed by atoms with Gasteiger partial charge >= 0.3 is 5.97 Å². The van der Waals surface area contributed by atoms with Crippen LogP contribution in [0.5, 0.6) is 5.75 Å². The molecule has 3 aromatic rings. The smallest absolute Gasteiger partial charge is 0.328 e. The highest BCUT2D eigenvalue weighted by atomic mass is 16.5. The zero-order chi connectivity index (χ0) is 19.9. The molecule has 0 spiro atoms. The summed E-state index contributed by atoms with van der Waals surface area (Å²) in [5.41, 5.74) is 2.17. The SMILES string of the molecule is COC(=O)C(Cc1c[nH]c2ccccc12)NC(=O)COc1ccccc1C#N. The van der Waals surface area contributed by atoms with E-state index in [0.29, 0.717) is 11.3 Å². The Labute approximate surface area is 161 Å². The highest BCUT2D eigenvalue weighted by Crippen LogP contribution is 2.19. The molecular formula is C21H19N3O4. The number of carbonyl (C=O) groups excluding carboxylic acids is 2. The molecular weight excluding hydrogens is 358 g/mol. The van der Waals surface area contributed by atoms with E-state index < -0.39 is 17.9 Å². The van der Waals surface area contributed by atoms with Gasteiger partial charge in [0.25, 0.3) is 5.91 Å². The van der Waals surface area contributed by atoms with Gasteiger partial charge in [0.15, 0.2) is 6.61 Å². The molecule has 1 amide bonds. The Hall–Kier alpha value is -3.79. The summed E-state index contributed by atoms with van der Waals surface area (Å²) in [4.78, 5) is 27.6. The molecule has 7 nitrogen and oxygen atoms in total. The van der Waals surface area contributed by atoms with Gasteiger partial charge in [0, 0.05) is 23.5 Å². The van der Waals surface area contributed by atoms with E-state index in [-0.39, 0.29) is 13.0 Å². The number of aromatic nitrogens is 1. The Morgan fingerprint density at radius 2 is 1.93 bits per heavy atom. The Morgan fingerprint density at radius 3 is 2.71 bits per heavy atom. The number of hydrogen-bond donors (Lipinski definition) is 2. The van der Waals surface area contributed by atoms with Crippen LogP contribution in [0.3, 0.4) is 0 Å². The minimum atomic E-state index is -0.855. The average molecular weight is 377 g/mol. The largest absolute Gasteiger partial charge is 0.482 e. The van der Waals surface area contributed by atoms with Crippen molar-refractivity contribution in [2.24, 2.45) is 0 Å². The molecule has 0 bridgehead atoms. The third-order valence-corrected chi connectivity index (χ3v) is 4.29. The number of nitriles is 1. The number of rotatable bonds is 7. The number of benzene rings is 2. The van der Waals surface area contributed by atoms with Crippen LogP contribution in [0.1, 0.15) is 11.1 Å². The first-order valence-corrected chi connectivity index (χ1v) is 8.66. The summed E-state index contributed by atoms with van der Waals surface area (Å²) in [6.45, 7) is -0.319. The van der Waals surface area contributed by atoms with Crippen molar-refractivity contribution in [3.8, 4) is 11.8 Å². The van der Waals surface area contributed by atoms with Crippen LogP contribution in [0, 0.1) is 11.3 Å². The molecule has 28 heavy (non-hydrogen) atoms. The molecule has 0 saturated heterocycles. The number of amides is 1. The van der Waals surface area contributed by atoms with Crippen molar-refractivity contribution in [3.63, 3.8) is 0 Å². The van der Waals surface area contributed by atoms with Gasteiger partial charge in [0.1, 0.15) is 17.9 Å². The van der Waals surface area contributed by atoms with Crippen molar-refractivity contribution in [1.29, 1.82) is 5.26 Å². The molecule has 2 aromatic carbocycles. The van der Waals surface area contributed by atoms with Crippen molar-refractivity contribution < 1.29 is 19.1 Å². The summed E-state index contributed by atoms with van der Waals surface area (Å²) in [7, 11) is 1.27. The Balaban J connectivity index is 1.68. The lowest BCUT2D eigenvalue weighted by Crippen LogP contribution is -2.44. The summed E-state index contributed by atoms with van der Waals surface area (Å²) < 4.78 is 10.2. The van der Waals surface area contributed by atoms with E-state index in [9.17, 15) is 9.59 Å². The minimum absolute atomic E-state index is 0.275. The zero-order valence-corrected chi connectivity index (χ0v) is 15.3. The van der Waals surface area contributed by atoms with Gasteiger partial charge in [-0.2, -0.15) is 5.26 Å². The van der Waals surface area contributed by atoms with Crippen LogP contribution in [-0.4, -0.2) is 36.6 Å². The van der Waals surface area contributed by atoms with Gasteiger partial charge in [-0.3, -0.25) is 4.79 Å². The van der Waals surface area contributed by atoms with E-state index >= 15 is 0 Å². The predicted molar refractivity (Wildman–Crippen MR) is 103 cm³/mol. The predicted octanol–water partition coefficient (Wildman–Crippen LogP) is 2.32. The second-order valence-electron chi connectivity index (χ2n) is 6.10. The third kappa shape index (κ3) is 4.30. The van der Waals surface area contributed by atoms with Gasteiger partial charge in [-0.15, -0.1) is 0 Å². The maximum atomic E-state index is 12.3.